The van der Waals surface area contributed by atoms with Crippen molar-refractivity contribution in [1.29, 1.82) is 0 Å². The highest BCUT2D eigenvalue weighted by Gasteiger charge is 2.17. The highest BCUT2D eigenvalue weighted by atomic mass is 35.5. The summed E-state index contributed by atoms with van der Waals surface area (Å²) in [5, 5.41) is 13.5. The number of carboxylic acid groups (broad SMARTS) is 1. The smallest absolute Gasteiger partial charge is 0.432 e. The van der Waals surface area contributed by atoms with E-state index in [4.69, 9.17) is 16.7 Å². The van der Waals surface area contributed by atoms with Gasteiger partial charge in [0.05, 0.1) is 22.4 Å². The summed E-state index contributed by atoms with van der Waals surface area (Å²) < 4.78 is 0.959. The molecular formula is C14H11ClN4O2. The van der Waals surface area contributed by atoms with Gasteiger partial charge in [0.25, 0.3) is 0 Å². The second-order valence-electron chi connectivity index (χ2n) is 4.64. The number of aryl methyl sites for hydroxylation is 1. The van der Waals surface area contributed by atoms with Gasteiger partial charge < -0.3 is 5.11 Å². The van der Waals surface area contributed by atoms with E-state index in [2.05, 4.69) is 15.1 Å². The number of carbonyl (C=O) groups is 1. The topological polar surface area (TPSA) is 80.9 Å². The van der Waals surface area contributed by atoms with Crippen LogP contribution in [0.5, 0.6) is 0 Å². The fourth-order valence-electron chi connectivity index (χ4n) is 2.37. The van der Waals surface area contributed by atoms with Gasteiger partial charge in [0.1, 0.15) is 5.15 Å². The van der Waals surface area contributed by atoms with Crippen molar-refractivity contribution in [2.45, 2.75) is 13.8 Å². The van der Waals surface area contributed by atoms with Gasteiger partial charge in [-0.15, -0.1) is 0 Å². The molecule has 106 valence electrons. The first kappa shape index (κ1) is 13.5. The van der Waals surface area contributed by atoms with Crippen LogP contribution in [0.2, 0.25) is 5.15 Å². The Bertz CT molecular complexity index is 873. The van der Waals surface area contributed by atoms with Crippen molar-refractivity contribution in [2.75, 3.05) is 0 Å². The lowest BCUT2D eigenvalue weighted by Crippen LogP contribution is -2.11. The number of fused-ring (bicyclic) bond motifs is 1. The van der Waals surface area contributed by atoms with Crippen molar-refractivity contribution in [3.05, 3.63) is 40.9 Å². The Hall–Kier alpha value is -2.47. The fourth-order valence-corrected chi connectivity index (χ4v) is 2.52. The molecule has 21 heavy (non-hydrogen) atoms. The van der Waals surface area contributed by atoms with Crippen LogP contribution in [0.15, 0.2) is 24.4 Å². The second-order valence-corrected chi connectivity index (χ2v) is 5.02. The average molecular weight is 303 g/mol. The van der Waals surface area contributed by atoms with Crippen molar-refractivity contribution in [2.24, 2.45) is 0 Å². The quantitative estimate of drug-likeness (QED) is 0.698. The molecule has 0 spiro atoms. The molecule has 3 heterocycles. The molecule has 1 N–H and O–H groups in total. The van der Waals surface area contributed by atoms with E-state index in [1.54, 1.807) is 32.2 Å². The van der Waals surface area contributed by atoms with Crippen molar-refractivity contribution < 1.29 is 9.90 Å². The summed E-state index contributed by atoms with van der Waals surface area (Å²) in [6, 6.07) is 5.29. The Balaban J connectivity index is 2.23. The lowest BCUT2D eigenvalue weighted by Gasteiger charge is -2.04. The van der Waals surface area contributed by atoms with E-state index >= 15 is 0 Å². The van der Waals surface area contributed by atoms with E-state index in [1.165, 1.54) is 0 Å². The third kappa shape index (κ3) is 2.23. The number of aromatic nitrogens is 4. The molecule has 0 aliphatic rings. The zero-order valence-electron chi connectivity index (χ0n) is 11.3. The van der Waals surface area contributed by atoms with E-state index < -0.39 is 6.09 Å². The Morgan fingerprint density at radius 3 is 2.71 bits per heavy atom. The van der Waals surface area contributed by atoms with Gasteiger partial charge in [-0.3, -0.25) is 4.98 Å². The van der Waals surface area contributed by atoms with E-state index in [9.17, 15) is 4.79 Å². The molecule has 0 radical (unpaired) electrons. The van der Waals surface area contributed by atoms with E-state index in [0.717, 1.165) is 21.3 Å². The molecule has 0 atom stereocenters. The highest BCUT2D eigenvalue weighted by molar-refractivity contribution is 6.29. The number of hydrogen-bond acceptors (Lipinski definition) is 4. The number of halogens is 1. The highest BCUT2D eigenvalue weighted by Crippen LogP contribution is 2.28. The van der Waals surface area contributed by atoms with Gasteiger partial charge in [0.2, 0.25) is 0 Å². The number of hydrogen-bond donors (Lipinski definition) is 1. The molecule has 3 rings (SSSR count). The van der Waals surface area contributed by atoms with Gasteiger partial charge >= 0.3 is 6.09 Å². The predicted octanol–water partition coefficient (Wildman–Crippen LogP) is 3.29. The van der Waals surface area contributed by atoms with Crippen LogP contribution in [0.25, 0.3) is 22.2 Å². The minimum Gasteiger partial charge on any atom is -0.463 e. The molecular weight excluding hydrogens is 292 g/mol. The molecule has 0 aliphatic heterocycles. The van der Waals surface area contributed by atoms with Gasteiger partial charge in [-0.05, 0) is 32.0 Å². The predicted molar refractivity (Wildman–Crippen MR) is 78.7 cm³/mol. The van der Waals surface area contributed by atoms with Gasteiger partial charge in [-0.1, -0.05) is 11.6 Å². The van der Waals surface area contributed by atoms with Gasteiger partial charge in [0.15, 0.2) is 0 Å². The summed E-state index contributed by atoms with van der Waals surface area (Å²) in [5.74, 6) is 0. The van der Waals surface area contributed by atoms with E-state index in [1.807, 2.05) is 6.07 Å². The molecule has 0 fully saturated rings. The van der Waals surface area contributed by atoms with Gasteiger partial charge in [0, 0.05) is 17.3 Å². The molecule has 0 bridgehead atoms. The van der Waals surface area contributed by atoms with Crippen molar-refractivity contribution in [1.82, 2.24) is 19.7 Å². The number of pyridine rings is 2. The molecule has 0 aromatic carbocycles. The molecule has 0 saturated heterocycles. The van der Waals surface area contributed by atoms with E-state index in [0.29, 0.717) is 22.1 Å². The van der Waals surface area contributed by atoms with Gasteiger partial charge in [-0.25, -0.2) is 9.78 Å². The minimum atomic E-state index is -1.11. The number of nitrogens with zero attached hydrogens (tertiary/aromatic N) is 4. The van der Waals surface area contributed by atoms with Crippen LogP contribution >= 0.6 is 11.6 Å². The molecule has 6 nitrogen and oxygen atoms in total. The summed E-state index contributed by atoms with van der Waals surface area (Å²) in [5.41, 5.74) is 4.06. The maximum absolute atomic E-state index is 11.1. The summed E-state index contributed by atoms with van der Waals surface area (Å²) in [6.07, 6.45) is 0.568. The summed E-state index contributed by atoms with van der Waals surface area (Å²) in [7, 11) is 0. The van der Waals surface area contributed by atoms with Crippen molar-refractivity contribution >= 4 is 28.7 Å². The Kier molecular flexibility index (Phi) is 3.10. The van der Waals surface area contributed by atoms with Crippen LogP contribution in [0.1, 0.15) is 11.4 Å². The molecule has 0 saturated carbocycles. The first-order chi connectivity index (χ1) is 9.97. The lowest BCUT2D eigenvalue weighted by atomic mass is 10.1. The zero-order chi connectivity index (χ0) is 15.1. The molecule has 0 amide bonds. The third-order valence-corrected chi connectivity index (χ3v) is 3.48. The first-order valence-electron chi connectivity index (χ1n) is 6.19. The Labute approximate surface area is 125 Å². The van der Waals surface area contributed by atoms with Crippen LogP contribution < -0.4 is 0 Å². The summed E-state index contributed by atoms with van der Waals surface area (Å²) in [6.45, 7) is 3.47. The fraction of sp³-hybridized carbons (Fsp3) is 0.143. The van der Waals surface area contributed by atoms with Crippen LogP contribution in [0.4, 0.5) is 4.79 Å². The monoisotopic (exact) mass is 302 g/mol. The molecule has 0 aliphatic carbocycles. The number of rotatable bonds is 1. The minimum absolute atomic E-state index is 0.385. The second kappa shape index (κ2) is 4.82. The van der Waals surface area contributed by atoms with Crippen LogP contribution in [-0.4, -0.2) is 30.9 Å². The summed E-state index contributed by atoms with van der Waals surface area (Å²) >= 11 is 5.89. The standard InChI is InChI=1S/C14H11ClN4O2/c1-7-13(8(2)19(18-7)14(20)21)9-5-11-10(16-6-9)3-4-12(15)17-11/h3-6H,1-2H3,(H,20,21). The third-order valence-electron chi connectivity index (χ3n) is 3.26. The SMILES string of the molecule is Cc1nn(C(=O)O)c(C)c1-c1cnc2ccc(Cl)nc2c1. The van der Waals surface area contributed by atoms with Crippen LogP contribution in [0.3, 0.4) is 0 Å². The summed E-state index contributed by atoms with van der Waals surface area (Å²) in [4.78, 5) is 19.7. The average Bonchev–Trinajstić information content (AvgIpc) is 2.73. The molecule has 0 unspecified atom stereocenters. The van der Waals surface area contributed by atoms with Crippen molar-refractivity contribution in [3.63, 3.8) is 0 Å². The Morgan fingerprint density at radius 1 is 1.29 bits per heavy atom. The first-order valence-corrected chi connectivity index (χ1v) is 6.57. The van der Waals surface area contributed by atoms with Crippen LogP contribution in [-0.2, 0) is 0 Å². The normalized spacial score (nSPS) is 11.0. The molecule has 3 aromatic rings. The van der Waals surface area contributed by atoms with E-state index in [-0.39, 0.29) is 0 Å². The van der Waals surface area contributed by atoms with Gasteiger partial charge in [-0.2, -0.15) is 9.78 Å². The largest absolute Gasteiger partial charge is 0.463 e. The van der Waals surface area contributed by atoms with Crippen molar-refractivity contribution in [3.8, 4) is 11.1 Å². The maximum atomic E-state index is 11.1. The lowest BCUT2D eigenvalue weighted by molar-refractivity contribution is 0.192. The maximum Gasteiger partial charge on any atom is 0.432 e. The molecule has 3 aromatic heterocycles. The van der Waals surface area contributed by atoms with Crippen LogP contribution in [0, 0.1) is 13.8 Å². The Morgan fingerprint density at radius 2 is 2.05 bits per heavy atom. The molecule has 7 heteroatoms. The zero-order valence-corrected chi connectivity index (χ0v) is 12.1.